The molecule has 0 saturated carbocycles. The molecule has 1 saturated heterocycles. The molecule has 0 N–H and O–H groups in total. The van der Waals surface area contributed by atoms with E-state index < -0.39 is 0 Å². The second kappa shape index (κ2) is 10.0. The van der Waals surface area contributed by atoms with Gasteiger partial charge in [-0.3, -0.25) is 9.69 Å². The molecule has 0 bridgehead atoms. The molecular weight excluding hydrogens is 438 g/mol. The number of carbonyl (C=O) groups excluding carboxylic acids is 1. The normalized spacial score (nSPS) is 15.8. The van der Waals surface area contributed by atoms with Crippen molar-refractivity contribution < 1.29 is 14.3 Å². The number of nitrogens with zero attached hydrogens (tertiary/aromatic N) is 1. The van der Waals surface area contributed by atoms with Gasteiger partial charge in [-0.05, 0) is 41.8 Å². The maximum atomic E-state index is 13.1. The summed E-state index contributed by atoms with van der Waals surface area (Å²) in [5.41, 5.74) is 2.98. The first-order valence-corrected chi connectivity index (χ1v) is 11.5. The first-order valence-electron chi connectivity index (χ1n) is 10.2. The standard InChI is InChI=1S/C26H23NO3S2/c1-18(21-11-7-4-8-12-21)27-25(28)24(32-26(27)31)16-20-13-14-22(23(15-20)29-2)30-17-19-9-5-3-6-10-19/h3-16,18H,17H2,1-2H3/b24-16+/t18-/m1/s1. The van der Waals surface area contributed by atoms with Gasteiger partial charge in [-0.25, -0.2) is 0 Å². The van der Waals surface area contributed by atoms with Gasteiger partial charge in [0.25, 0.3) is 5.91 Å². The summed E-state index contributed by atoms with van der Waals surface area (Å²) in [4.78, 5) is 15.4. The monoisotopic (exact) mass is 461 g/mol. The zero-order chi connectivity index (χ0) is 22.5. The van der Waals surface area contributed by atoms with Gasteiger partial charge in [-0.2, -0.15) is 0 Å². The van der Waals surface area contributed by atoms with Crippen LogP contribution in [0.1, 0.15) is 29.7 Å². The van der Waals surface area contributed by atoms with Crippen LogP contribution in [0.2, 0.25) is 0 Å². The Hall–Kier alpha value is -3.09. The average molecular weight is 462 g/mol. The van der Waals surface area contributed by atoms with Gasteiger partial charge in [0.1, 0.15) is 10.9 Å². The van der Waals surface area contributed by atoms with Crippen LogP contribution in [-0.4, -0.2) is 22.2 Å². The number of ether oxygens (including phenoxy) is 2. The highest BCUT2D eigenvalue weighted by atomic mass is 32.2. The molecular formula is C26H23NO3S2. The average Bonchev–Trinajstić information content (AvgIpc) is 3.11. The summed E-state index contributed by atoms with van der Waals surface area (Å²) in [6.07, 6.45) is 1.85. The molecule has 162 valence electrons. The fourth-order valence-electron chi connectivity index (χ4n) is 3.47. The summed E-state index contributed by atoms with van der Waals surface area (Å²) in [5, 5.41) is 0. The lowest BCUT2D eigenvalue weighted by Crippen LogP contribution is -2.30. The summed E-state index contributed by atoms with van der Waals surface area (Å²) in [7, 11) is 1.61. The van der Waals surface area contributed by atoms with E-state index in [4.69, 9.17) is 21.7 Å². The Bertz CT molecular complexity index is 1150. The molecule has 0 radical (unpaired) electrons. The van der Waals surface area contributed by atoms with Gasteiger partial charge in [0.2, 0.25) is 0 Å². The van der Waals surface area contributed by atoms with Gasteiger partial charge >= 0.3 is 0 Å². The van der Waals surface area contributed by atoms with Gasteiger partial charge in [0.15, 0.2) is 11.5 Å². The molecule has 3 aromatic rings. The zero-order valence-electron chi connectivity index (χ0n) is 17.9. The molecule has 3 aromatic carbocycles. The molecule has 1 heterocycles. The van der Waals surface area contributed by atoms with Crippen LogP contribution >= 0.6 is 24.0 Å². The Morgan fingerprint density at radius 2 is 1.69 bits per heavy atom. The van der Waals surface area contributed by atoms with Crippen molar-refractivity contribution in [3.05, 3.63) is 100 Å². The van der Waals surface area contributed by atoms with E-state index in [0.717, 1.165) is 16.7 Å². The molecule has 0 spiro atoms. The minimum Gasteiger partial charge on any atom is -0.493 e. The van der Waals surface area contributed by atoms with Crippen LogP contribution in [-0.2, 0) is 11.4 Å². The van der Waals surface area contributed by atoms with Crippen LogP contribution in [0.15, 0.2) is 83.8 Å². The van der Waals surface area contributed by atoms with Crippen LogP contribution < -0.4 is 9.47 Å². The van der Waals surface area contributed by atoms with E-state index in [1.807, 2.05) is 91.9 Å². The molecule has 6 heteroatoms. The third-order valence-corrected chi connectivity index (χ3v) is 6.55. The molecule has 32 heavy (non-hydrogen) atoms. The third kappa shape index (κ3) is 4.87. The molecule has 1 aliphatic heterocycles. The van der Waals surface area contributed by atoms with Crippen molar-refractivity contribution in [2.75, 3.05) is 7.11 Å². The van der Waals surface area contributed by atoms with Crippen molar-refractivity contribution in [1.82, 2.24) is 4.90 Å². The lowest BCUT2D eigenvalue weighted by atomic mass is 10.1. The molecule has 1 atom stereocenters. The van der Waals surface area contributed by atoms with Crippen LogP contribution in [0.3, 0.4) is 0 Å². The number of benzene rings is 3. The Kier molecular flexibility index (Phi) is 6.93. The minimum absolute atomic E-state index is 0.0836. The van der Waals surface area contributed by atoms with E-state index in [9.17, 15) is 4.79 Å². The van der Waals surface area contributed by atoms with Crippen molar-refractivity contribution in [3.63, 3.8) is 0 Å². The molecule has 1 amide bonds. The van der Waals surface area contributed by atoms with E-state index in [2.05, 4.69) is 0 Å². The smallest absolute Gasteiger partial charge is 0.266 e. The van der Waals surface area contributed by atoms with Crippen molar-refractivity contribution in [2.45, 2.75) is 19.6 Å². The largest absolute Gasteiger partial charge is 0.493 e. The van der Waals surface area contributed by atoms with Crippen LogP contribution in [0, 0.1) is 0 Å². The Morgan fingerprint density at radius 3 is 2.38 bits per heavy atom. The van der Waals surface area contributed by atoms with E-state index in [-0.39, 0.29) is 11.9 Å². The Labute approximate surface area is 197 Å². The minimum atomic E-state index is -0.127. The highest BCUT2D eigenvalue weighted by molar-refractivity contribution is 8.26. The number of amides is 1. The maximum Gasteiger partial charge on any atom is 0.266 e. The highest BCUT2D eigenvalue weighted by Crippen LogP contribution is 2.39. The molecule has 4 rings (SSSR count). The Balaban J connectivity index is 1.52. The van der Waals surface area contributed by atoms with Crippen molar-refractivity contribution in [1.29, 1.82) is 0 Å². The van der Waals surface area contributed by atoms with Crippen molar-refractivity contribution in [2.24, 2.45) is 0 Å². The second-order valence-electron chi connectivity index (χ2n) is 7.32. The predicted molar refractivity (Wildman–Crippen MR) is 134 cm³/mol. The quantitative estimate of drug-likeness (QED) is 0.308. The summed E-state index contributed by atoms with van der Waals surface area (Å²) < 4.78 is 12.0. The van der Waals surface area contributed by atoms with Gasteiger partial charge in [0.05, 0.1) is 18.1 Å². The van der Waals surface area contributed by atoms with Gasteiger partial charge < -0.3 is 9.47 Å². The van der Waals surface area contributed by atoms with Crippen LogP contribution in [0.5, 0.6) is 11.5 Å². The molecule has 4 nitrogen and oxygen atoms in total. The summed E-state index contributed by atoms with van der Waals surface area (Å²) in [6, 6.07) is 25.4. The van der Waals surface area contributed by atoms with E-state index >= 15 is 0 Å². The number of thioether (sulfide) groups is 1. The number of carbonyl (C=O) groups is 1. The van der Waals surface area contributed by atoms with Crippen LogP contribution in [0.25, 0.3) is 6.08 Å². The van der Waals surface area contributed by atoms with E-state index in [1.165, 1.54) is 11.8 Å². The lowest BCUT2D eigenvalue weighted by molar-refractivity contribution is -0.123. The third-order valence-electron chi connectivity index (χ3n) is 5.22. The number of hydrogen-bond acceptors (Lipinski definition) is 5. The van der Waals surface area contributed by atoms with Crippen molar-refractivity contribution >= 4 is 40.3 Å². The Morgan fingerprint density at radius 1 is 1.00 bits per heavy atom. The fourth-order valence-corrected chi connectivity index (χ4v) is 4.89. The van der Waals surface area contributed by atoms with Gasteiger partial charge in [-0.1, -0.05) is 90.7 Å². The fraction of sp³-hybridized carbons (Fsp3) is 0.154. The SMILES string of the molecule is COc1cc(/C=C2/SC(=S)N([C@H](C)c3ccccc3)C2=O)ccc1OCc1ccccc1. The molecule has 1 aliphatic rings. The summed E-state index contributed by atoms with van der Waals surface area (Å²) in [6.45, 7) is 2.44. The number of hydrogen-bond donors (Lipinski definition) is 0. The van der Waals surface area contributed by atoms with Gasteiger partial charge in [0, 0.05) is 0 Å². The highest BCUT2D eigenvalue weighted by Gasteiger charge is 2.35. The number of thiocarbonyl (C=S) groups is 1. The second-order valence-corrected chi connectivity index (χ2v) is 9.00. The molecule has 1 fully saturated rings. The predicted octanol–water partition coefficient (Wildman–Crippen LogP) is 6.24. The first kappa shape index (κ1) is 22.1. The first-order chi connectivity index (χ1) is 15.6. The van der Waals surface area contributed by atoms with Crippen LogP contribution in [0.4, 0.5) is 0 Å². The summed E-state index contributed by atoms with van der Waals surface area (Å²) >= 11 is 6.84. The molecule has 0 unspecified atom stereocenters. The molecule has 0 aromatic heterocycles. The van der Waals surface area contributed by atoms with Crippen molar-refractivity contribution in [3.8, 4) is 11.5 Å². The maximum absolute atomic E-state index is 13.1. The number of rotatable bonds is 7. The topological polar surface area (TPSA) is 38.8 Å². The molecule has 0 aliphatic carbocycles. The van der Waals surface area contributed by atoms with Gasteiger partial charge in [-0.15, -0.1) is 0 Å². The lowest BCUT2D eigenvalue weighted by Gasteiger charge is -2.23. The van der Waals surface area contributed by atoms with E-state index in [1.54, 1.807) is 12.0 Å². The number of methoxy groups -OCH3 is 1. The summed E-state index contributed by atoms with van der Waals surface area (Å²) in [5.74, 6) is 1.18. The van der Waals surface area contributed by atoms with E-state index in [0.29, 0.717) is 27.3 Å². The zero-order valence-corrected chi connectivity index (χ0v) is 19.5.